The van der Waals surface area contributed by atoms with Crippen molar-refractivity contribution in [2.45, 2.75) is 43.9 Å². The van der Waals surface area contributed by atoms with Crippen molar-refractivity contribution < 1.29 is 18.3 Å². The lowest BCUT2D eigenvalue weighted by atomic mass is 9.74. The minimum absolute atomic E-state index is 0.377. The second-order valence-corrected chi connectivity index (χ2v) is 7.94. The van der Waals surface area contributed by atoms with Gasteiger partial charge in [-0.05, 0) is 51.7 Å². The molecule has 0 radical (unpaired) electrons. The molecule has 2 aromatic heterocycles. The summed E-state index contributed by atoms with van der Waals surface area (Å²) in [6.07, 6.45) is -5.63. The first-order chi connectivity index (χ1) is 11.6. The Bertz CT molecular complexity index is 818. The second-order valence-electron chi connectivity index (χ2n) is 7.16. The Morgan fingerprint density at radius 2 is 1.84 bits per heavy atom. The van der Waals surface area contributed by atoms with Gasteiger partial charge in [-0.2, -0.15) is 24.5 Å². The molecule has 0 saturated carbocycles. The van der Waals surface area contributed by atoms with Gasteiger partial charge < -0.3 is 10.1 Å². The Balaban J connectivity index is 1.93. The topological polar surface area (TPSA) is 36.0 Å². The summed E-state index contributed by atoms with van der Waals surface area (Å²) in [5, 5.41) is 15.1. The smallest absolute Gasteiger partial charge is 0.380 e. The summed E-state index contributed by atoms with van der Waals surface area (Å²) in [5.41, 5.74) is -1.66. The Labute approximate surface area is 148 Å². The molecule has 0 amide bonds. The number of aromatic amines is 1. The molecule has 2 N–H and O–H groups in total. The summed E-state index contributed by atoms with van der Waals surface area (Å²) in [6.45, 7) is 3.47. The number of rotatable bonds is 5. The fourth-order valence-corrected chi connectivity index (χ4v) is 4.14. The molecule has 2 nitrogen and oxygen atoms in total. The summed E-state index contributed by atoms with van der Waals surface area (Å²) in [4.78, 5) is 2.99. The van der Waals surface area contributed by atoms with Crippen molar-refractivity contribution in [3.05, 3.63) is 58.4 Å². The van der Waals surface area contributed by atoms with Crippen LogP contribution in [-0.2, 0) is 11.8 Å². The number of thiophene rings is 1. The van der Waals surface area contributed by atoms with Crippen LogP contribution in [0.5, 0.6) is 0 Å². The van der Waals surface area contributed by atoms with Crippen LogP contribution in [-0.4, -0.2) is 21.9 Å². The number of halogens is 3. The lowest BCUT2D eigenvalue weighted by molar-refractivity contribution is -0.266. The molecule has 0 aliphatic heterocycles. The fraction of sp³-hybridized carbons (Fsp3) is 0.368. The minimum atomic E-state index is -4.72. The fourth-order valence-electron chi connectivity index (χ4n) is 3.29. The van der Waals surface area contributed by atoms with Gasteiger partial charge in [-0.25, -0.2) is 0 Å². The van der Waals surface area contributed by atoms with Crippen LogP contribution >= 0.6 is 11.3 Å². The van der Waals surface area contributed by atoms with E-state index in [1.54, 1.807) is 26.0 Å². The molecule has 1 unspecified atom stereocenters. The zero-order valence-corrected chi connectivity index (χ0v) is 14.8. The molecule has 0 spiro atoms. The highest BCUT2D eigenvalue weighted by Gasteiger charge is 2.56. The number of fused-ring (bicyclic) bond motifs is 1. The third-order valence-electron chi connectivity index (χ3n) is 4.63. The summed E-state index contributed by atoms with van der Waals surface area (Å²) in [7, 11) is 0. The van der Waals surface area contributed by atoms with E-state index < -0.39 is 30.0 Å². The van der Waals surface area contributed by atoms with Gasteiger partial charge in [-0.15, -0.1) is 0 Å². The monoisotopic (exact) mass is 367 g/mol. The third kappa shape index (κ3) is 3.60. The molecule has 134 valence electrons. The van der Waals surface area contributed by atoms with Crippen molar-refractivity contribution in [1.29, 1.82) is 0 Å². The van der Waals surface area contributed by atoms with Crippen molar-refractivity contribution in [2.24, 2.45) is 0 Å². The van der Waals surface area contributed by atoms with Crippen molar-refractivity contribution in [3.63, 3.8) is 0 Å². The molecule has 1 atom stereocenters. The maximum atomic E-state index is 13.8. The average molecular weight is 367 g/mol. The highest BCUT2D eigenvalue weighted by Crippen LogP contribution is 2.43. The van der Waals surface area contributed by atoms with Crippen molar-refractivity contribution in [3.8, 4) is 0 Å². The van der Waals surface area contributed by atoms with Gasteiger partial charge in [0.15, 0.2) is 5.60 Å². The molecule has 3 aromatic rings. The molecule has 25 heavy (non-hydrogen) atoms. The van der Waals surface area contributed by atoms with Crippen LogP contribution in [0, 0.1) is 0 Å². The highest BCUT2D eigenvalue weighted by atomic mass is 32.1. The number of hydrogen-bond donors (Lipinski definition) is 2. The van der Waals surface area contributed by atoms with E-state index in [1.807, 2.05) is 35.0 Å². The van der Waals surface area contributed by atoms with E-state index in [9.17, 15) is 18.3 Å². The maximum absolute atomic E-state index is 13.8. The Morgan fingerprint density at radius 1 is 1.12 bits per heavy atom. The molecule has 6 heteroatoms. The second kappa shape index (κ2) is 6.18. The number of hydrogen-bond acceptors (Lipinski definition) is 2. The van der Waals surface area contributed by atoms with Crippen LogP contribution < -0.4 is 0 Å². The average Bonchev–Trinajstić information content (AvgIpc) is 3.14. The first-order valence-corrected chi connectivity index (χ1v) is 8.93. The van der Waals surface area contributed by atoms with E-state index in [-0.39, 0.29) is 0 Å². The molecule has 0 fully saturated rings. The summed E-state index contributed by atoms with van der Waals surface area (Å²) in [6, 6.07) is 10.8. The van der Waals surface area contributed by atoms with Gasteiger partial charge in [0.1, 0.15) is 0 Å². The van der Waals surface area contributed by atoms with Gasteiger partial charge in [0, 0.05) is 17.6 Å². The molecular weight excluding hydrogens is 347 g/mol. The summed E-state index contributed by atoms with van der Waals surface area (Å²) < 4.78 is 41.3. The number of benzene rings is 1. The third-order valence-corrected chi connectivity index (χ3v) is 5.32. The van der Waals surface area contributed by atoms with E-state index >= 15 is 0 Å². The van der Waals surface area contributed by atoms with Crippen LogP contribution in [0.25, 0.3) is 10.9 Å². The quantitative estimate of drug-likeness (QED) is 0.619. The summed E-state index contributed by atoms with van der Waals surface area (Å²) >= 11 is 1.44. The largest absolute Gasteiger partial charge is 0.417 e. The molecule has 0 saturated heterocycles. The first kappa shape index (κ1) is 18.0. The van der Waals surface area contributed by atoms with E-state index in [2.05, 4.69) is 4.98 Å². The van der Waals surface area contributed by atoms with E-state index in [4.69, 9.17) is 0 Å². The van der Waals surface area contributed by atoms with Crippen molar-refractivity contribution in [1.82, 2.24) is 4.98 Å². The molecule has 0 bridgehead atoms. The van der Waals surface area contributed by atoms with Gasteiger partial charge in [-0.1, -0.05) is 32.0 Å². The normalized spacial score (nSPS) is 15.4. The van der Waals surface area contributed by atoms with Crippen molar-refractivity contribution >= 4 is 22.2 Å². The van der Waals surface area contributed by atoms with E-state index in [0.717, 1.165) is 16.5 Å². The number of alkyl halides is 3. The van der Waals surface area contributed by atoms with Gasteiger partial charge in [0.2, 0.25) is 0 Å². The predicted molar refractivity (Wildman–Crippen MR) is 95.0 cm³/mol. The van der Waals surface area contributed by atoms with Crippen LogP contribution in [0.3, 0.4) is 0 Å². The Morgan fingerprint density at radius 3 is 2.44 bits per heavy atom. The molecule has 3 rings (SSSR count). The van der Waals surface area contributed by atoms with Crippen LogP contribution in [0.4, 0.5) is 13.2 Å². The number of aromatic nitrogens is 1. The highest BCUT2D eigenvalue weighted by molar-refractivity contribution is 7.08. The molecule has 1 aromatic carbocycles. The molecule has 0 aliphatic rings. The van der Waals surface area contributed by atoms with Crippen LogP contribution in [0.15, 0.2) is 47.2 Å². The van der Waals surface area contributed by atoms with Gasteiger partial charge in [-0.3, -0.25) is 0 Å². The van der Waals surface area contributed by atoms with Gasteiger partial charge in [0.25, 0.3) is 0 Å². The number of aliphatic hydroxyl groups is 1. The predicted octanol–water partition coefficient (Wildman–Crippen LogP) is 5.43. The number of H-pyrrole nitrogens is 1. The molecule has 0 aliphatic carbocycles. The van der Waals surface area contributed by atoms with Gasteiger partial charge in [0.05, 0.1) is 0 Å². The van der Waals surface area contributed by atoms with E-state index in [1.165, 1.54) is 11.3 Å². The standard InChI is InChI=1S/C19H20F3NOS/c1-17(2,14-7-8-25-11-14)12-18(24,19(20,21)22)10-15-9-13-5-3-4-6-16(13)23-15/h3-9,11,23-24H,10,12H2,1-2H3. The van der Waals surface area contributed by atoms with E-state index in [0.29, 0.717) is 5.69 Å². The first-order valence-electron chi connectivity index (χ1n) is 7.99. The number of nitrogens with one attached hydrogen (secondary N) is 1. The lowest BCUT2D eigenvalue weighted by Crippen LogP contribution is -2.50. The SMILES string of the molecule is CC(C)(CC(O)(Cc1cc2ccccc2[nH]1)C(F)(F)F)c1ccsc1. The Hall–Kier alpha value is -1.79. The Kier molecular flexibility index (Phi) is 4.45. The maximum Gasteiger partial charge on any atom is 0.417 e. The number of para-hydroxylation sites is 1. The molecular formula is C19H20F3NOS. The zero-order chi connectivity index (χ0) is 18.3. The zero-order valence-electron chi connectivity index (χ0n) is 14.0. The molecule has 2 heterocycles. The summed E-state index contributed by atoms with van der Waals surface area (Å²) in [5.74, 6) is 0. The van der Waals surface area contributed by atoms with Crippen molar-refractivity contribution in [2.75, 3.05) is 0 Å². The lowest BCUT2D eigenvalue weighted by Gasteiger charge is -2.37. The van der Waals surface area contributed by atoms with Crippen LogP contribution in [0.2, 0.25) is 0 Å². The minimum Gasteiger partial charge on any atom is -0.380 e. The van der Waals surface area contributed by atoms with Gasteiger partial charge >= 0.3 is 6.18 Å². The van der Waals surface area contributed by atoms with Crippen LogP contribution in [0.1, 0.15) is 31.5 Å².